The molecule has 29 heavy (non-hydrogen) atoms. The Kier molecular flexibility index (Phi) is 7.58. The third-order valence-electron chi connectivity index (χ3n) is 5.08. The van der Waals surface area contributed by atoms with Crippen molar-refractivity contribution in [2.45, 2.75) is 38.8 Å². The van der Waals surface area contributed by atoms with E-state index in [2.05, 4.69) is 91.5 Å². The highest BCUT2D eigenvalue weighted by Crippen LogP contribution is 2.26. The van der Waals surface area contributed by atoms with E-state index >= 15 is 0 Å². The zero-order valence-electron chi connectivity index (χ0n) is 17.2. The lowest BCUT2D eigenvalue weighted by atomic mass is 9.98. The number of alkyl halides is 1. The van der Waals surface area contributed by atoms with Gasteiger partial charge in [0.1, 0.15) is 0 Å². The van der Waals surface area contributed by atoms with Crippen molar-refractivity contribution in [3.63, 3.8) is 0 Å². The summed E-state index contributed by atoms with van der Waals surface area (Å²) in [6.45, 7) is 5.41. The lowest BCUT2D eigenvalue weighted by molar-refractivity contribution is 0.335. The molecule has 0 N–H and O–H groups in total. The Labute approximate surface area is 174 Å². The van der Waals surface area contributed by atoms with E-state index in [1.807, 2.05) is 6.08 Å². The van der Waals surface area contributed by atoms with E-state index in [4.69, 9.17) is 0 Å². The molecule has 0 fully saturated rings. The Morgan fingerprint density at radius 2 is 1.28 bits per heavy atom. The molecule has 0 bridgehead atoms. The summed E-state index contributed by atoms with van der Waals surface area (Å²) in [6.07, 6.45) is 8.84. The van der Waals surface area contributed by atoms with Crippen LogP contribution in [0.1, 0.15) is 37.3 Å². The van der Waals surface area contributed by atoms with Gasteiger partial charge in [-0.05, 0) is 66.0 Å². The van der Waals surface area contributed by atoms with Crippen LogP contribution < -0.4 is 0 Å². The van der Waals surface area contributed by atoms with Crippen LogP contribution in [0.4, 0.5) is 4.39 Å². The molecule has 0 saturated carbocycles. The molecule has 0 nitrogen and oxygen atoms in total. The lowest BCUT2D eigenvalue weighted by Crippen LogP contribution is -1.90. The van der Waals surface area contributed by atoms with E-state index in [1.54, 1.807) is 6.92 Å². The highest BCUT2D eigenvalue weighted by molar-refractivity contribution is 5.71. The maximum absolute atomic E-state index is 12.8. The van der Waals surface area contributed by atoms with E-state index in [1.165, 1.54) is 33.4 Å². The van der Waals surface area contributed by atoms with Crippen LogP contribution >= 0.6 is 0 Å². The second-order valence-electron chi connectivity index (χ2n) is 7.50. The van der Waals surface area contributed by atoms with Gasteiger partial charge in [0.25, 0.3) is 0 Å². The van der Waals surface area contributed by atoms with E-state index in [9.17, 15) is 4.39 Å². The first-order chi connectivity index (χ1) is 14.2. The molecule has 0 heterocycles. The van der Waals surface area contributed by atoms with E-state index in [0.29, 0.717) is 6.42 Å². The zero-order valence-corrected chi connectivity index (χ0v) is 17.2. The number of unbranched alkanes of at least 4 members (excludes halogenated alkanes) is 1. The van der Waals surface area contributed by atoms with Gasteiger partial charge in [-0.15, -0.1) is 6.58 Å². The van der Waals surface area contributed by atoms with Crippen LogP contribution in [-0.2, 0) is 6.42 Å². The summed E-state index contributed by atoms with van der Waals surface area (Å²) < 4.78 is 12.8. The summed E-state index contributed by atoms with van der Waals surface area (Å²) in [7, 11) is 0. The first-order valence-electron chi connectivity index (χ1n) is 10.4. The van der Waals surface area contributed by atoms with Crippen LogP contribution in [0.3, 0.4) is 0 Å². The monoisotopic (exact) mass is 384 g/mol. The molecule has 1 atom stereocenters. The molecule has 3 aromatic carbocycles. The standard InChI is InChI=1S/C28H29F/c1-3-7-23-10-14-25(15-11-23)27-18-20-28(21-19-27)26-16-12-24(13-17-26)9-6-4-5-8-22(2)29/h3,6,9-22H,1,4-5,7-8H2,2H3/b9-6+. The van der Waals surface area contributed by atoms with Gasteiger partial charge in [0.15, 0.2) is 0 Å². The number of rotatable bonds is 9. The highest BCUT2D eigenvalue weighted by atomic mass is 19.1. The van der Waals surface area contributed by atoms with Crippen molar-refractivity contribution >= 4 is 6.08 Å². The van der Waals surface area contributed by atoms with E-state index < -0.39 is 6.17 Å². The smallest absolute Gasteiger partial charge is 0.0973 e. The molecular weight excluding hydrogens is 355 g/mol. The van der Waals surface area contributed by atoms with Crippen LogP contribution in [-0.4, -0.2) is 6.17 Å². The summed E-state index contributed by atoms with van der Waals surface area (Å²) in [5, 5.41) is 0. The van der Waals surface area contributed by atoms with Crippen molar-refractivity contribution in [1.29, 1.82) is 0 Å². The zero-order chi connectivity index (χ0) is 20.5. The minimum absolute atomic E-state index is 0.637. The summed E-state index contributed by atoms with van der Waals surface area (Å²) in [4.78, 5) is 0. The normalized spacial score (nSPS) is 12.2. The predicted octanol–water partition coefficient (Wildman–Crippen LogP) is 8.29. The third kappa shape index (κ3) is 6.29. The highest BCUT2D eigenvalue weighted by Gasteiger charge is 2.01. The minimum Gasteiger partial charge on any atom is -0.248 e. The molecule has 0 aliphatic heterocycles. The van der Waals surface area contributed by atoms with Gasteiger partial charge >= 0.3 is 0 Å². The summed E-state index contributed by atoms with van der Waals surface area (Å²) in [5.74, 6) is 0. The fraction of sp³-hybridized carbons (Fsp3) is 0.214. The van der Waals surface area contributed by atoms with Gasteiger partial charge in [0.2, 0.25) is 0 Å². The molecule has 0 spiro atoms. The Morgan fingerprint density at radius 1 is 0.793 bits per heavy atom. The molecule has 0 aliphatic carbocycles. The molecule has 1 heteroatoms. The Balaban J connectivity index is 1.62. The Morgan fingerprint density at radius 3 is 1.76 bits per heavy atom. The lowest BCUT2D eigenvalue weighted by Gasteiger charge is -2.06. The second-order valence-corrected chi connectivity index (χ2v) is 7.50. The molecular formula is C28H29F. The quantitative estimate of drug-likeness (QED) is 0.257. The number of allylic oxidation sites excluding steroid dienone is 2. The maximum Gasteiger partial charge on any atom is 0.0973 e. The van der Waals surface area contributed by atoms with Gasteiger partial charge < -0.3 is 0 Å². The van der Waals surface area contributed by atoms with Gasteiger partial charge in [0.05, 0.1) is 6.17 Å². The molecule has 3 rings (SSSR count). The van der Waals surface area contributed by atoms with Crippen LogP contribution in [0.5, 0.6) is 0 Å². The van der Waals surface area contributed by atoms with Gasteiger partial charge in [-0.3, -0.25) is 0 Å². The average Bonchev–Trinajstić information content (AvgIpc) is 2.75. The maximum atomic E-state index is 12.8. The molecule has 0 aliphatic rings. The number of benzene rings is 3. The molecule has 1 unspecified atom stereocenters. The van der Waals surface area contributed by atoms with E-state index in [0.717, 1.165) is 19.3 Å². The molecule has 0 amide bonds. The summed E-state index contributed by atoms with van der Waals surface area (Å²) >= 11 is 0. The molecule has 0 saturated heterocycles. The van der Waals surface area contributed by atoms with Gasteiger partial charge in [-0.1, -0.05) is 91.0 Å². The minimum atomic E-state index is -0.703. The third-order valence-corrected chi connectivity index (χ3v) is 5.08. The number of hydrogen-bond donors (Lipinski definition) is 0. The van der Waals surface area contributed by atoms with Gasteiger partial charge in [-0.2, -0.15) is 0 Å². The average molecular weight is 385 g/mol. The van der Waals surface area contributed by atoms with E-state index in [-0.39, 0.29) is 0 Å². The molecule has 0 aromatic heterocycles. The number of halogens is 1. The fourth-order valence-corrected chi connectivity index (χ4v) is 3.38. The topological polar surface area (TPSA) is 0 Å². The van der Waals surface area contributed by atoms with Crippen LogP contribution in [0.15, 0.2) is 91.5 Å². The first kappa shape index (κ1) is 20.8. The summed E-state index contributed by atoms with van der Waals surface area (Å²) in [6, 6.07) is 26.0. The van der Waals surface area contributed by atoms with Crippen molar-refractivity contribution < 1.29 is 4.39 Å². The Bertz CT molecular complexity index is 914. The first-order valence-corrected chi connectivity index (χ1v) is 10.4. The Hall–Kier alpha value is -2.93. The molecule has 148 valence electrons. The molecule has 3 aromatic rings. The largest absolute Gasteiger partial charge is 0.248 e. The van der Waals surface area contributed by atoms with Gasteiger partial charge in [-0.25, -0.2) is 4.39 Å². The van der Waals surface area contributed by atoms with Crippen molar-refractivity contribution in [2.24, 2.45) is 0 Å². The summed E-state index contributed by atoms with van der Waals surface area (Å²) in [5.41, 5.74) is 7.34. The van der Waals surface area contributed by atoms with Crippen LogP contribution in [0.25, 0.3) is 28.3 Å². The molecule has 0 radical (unpaired) electrons. The van der Waals surface area contributed by atoms with Gasteiger partial charge in [0, 0.05) is 0 Å². The number of hydrogen-bond acceptors (Lipinski definition) is 0. The fourth-order valence-electron chi connectivity index (χ4n) is 3.38. The predicted molar refractivity (Wildman–Crippen MR) is 125 cm³/mol. The van der Waals surface area contributed by atoms with Crippen molar-refractivity contribution in [2.75, 3.05) is 0 Å². The van der Waals surface area contributed by atoms with Crippen molar-refractivity contribution in [3.05, 3.63) is 103 Å². The van der Waals surface area contributed by atoms with Crippen LogP contribution in [0, 0.1) is 0 Å². The second kappa shape index (κ2) is 10.6. The van der Waals surface area contributed by atoms with Crippen molar-refractivity contribution in [1.82, 2.24) is 0 Å². The SMILES string of the molecule is C=CCc1ccc(-c2ccc(-c3ccc(/C=C/CCCC(C)F)cc3)cc2)cc1. The van der Waals surface area contributed by atoms with Crippen LogP contribution in [0.2, 0.25) is 0 Å². The van der Waals surface area contributed by atoms with Crippen molar-refractivity contribution in [3.8, 4) is 22.3 Å².